The molecule has 2 N–H and O–H groups in total. The van der Waals surface area contributed by atoms with Crippen LogP contribution in [0.1, 0.15) is 56.1 Å². The summed E-state index contributed by atoms with van der Waals surface area (Å²) in [5.41, 5.74) is 2.86. The monoisotopic (exact) mass is 330 g/mol. The van der Waals surface area contributed by atoms with Crippen LogP contribution < -0.4 is 0 Å². The SMILES string of the molecule is COCC[C@H]1C[C@]2(C)C(O)CC[C@H]2[C@@H]2CCc3cc(O)ccc3[C@@H]12. The maximum absolute atomic E-state index is 10.7. The normalized spacial score (nSPS) is 40.7. The van der Waals surface area contributed by atoms with Crippen LogP contribution in [-0.2, 0) is 11.2 Å². The second-order valence-corrected chi connectivity index (χ2v) is 8.56. The van der Waals surface area contributed by atoms with Gasteiger partial charge in [-0.3, -0.25) is 0 Å². The molecule has 132 valence electrons. The Morgan fingerprint density at radius 2 is 2.08 bits per heavy atom. The highest BCUT2D eigenvalue weighted by atomic mass is 16.5. The smallest absolute Gasteiger partial charge is 0.115 e. The first kappa shape index (κ1) is 16.4. The Morgan fingerprint density at radius 1 is 1.25 bits per heavy atom. The van der Waals surface area contributed by atoms with Gasteiger partial charge in [0.05, 0.1) is 6.10 Å². The molecule has 0 amide bonds. The number of fused-ring (bicyclic) bond motifs is 5. The lowest BCUT2D eigenvalue weighted by molar-refractivity contribution is -0.0532. The van der Waals surface area contributed by atoms with Gasteiger partial charge in [0.25, 0.3) is 0 Å². The standard InChI is InChI=1S/C21H30O3/c1-21-12-14(9-10-24-2)20-16-6-4-15(22)11-13(16)3-5-17(20)18(21)7-8-19(21)23/h4,6,11,14,17-20,22-23H,3,5,7-10,12H2,1-2H3/t14-,17-,18-,19?,20+,21-/m0/s1. The number of aliphatic hydroxyl groups excluding tert-OH is 1. The molecular formula is C21H30O3. The van der Waals surface area contributed by atoms with Gasteiger partial charge in [-0.2, -0.15) is 0 Å². The molecule has 6 atom stereocenters. The van der Waals surface area contributed by atoms with Crippen molar-refractivity contribution in [1.29, 1.82) is 0 Å². The summed E-state index contributed by atoms with van der Waals surface area (Å²) < 4.78 is 5.40. The first-order valence-electron chi connectivity index (χ1n) is 9.53. The van der Waals surface area contributed by atoms with E-state index in [2.05, 4.69) is 13.0 Å². The third-order valence-corrected chi connectivity index (χ3v) is 7.47. The molecule has 4 rings (SSSR count). The van der Waals surface area contributed by atoms with E-state index >= 15 is 0 Å². The molecule has 0 spiro atoms. The van der Waals surface area contributed by atoms with Gasteiger partial charge >= 0.3 is 0 Å². The molecule has 3 heteroatoms. The summed E-state index contributed by atoms with van der Waals surface area (Å²) in [7, 11) is 1.78. The molecule has 1 aromatic rings. The Kier molecular flexibility index (Phi) is 4.12. The number of ether oxygens (including phenoxy) is 1. The first-order valence-corrected chi connectivity index (χ1v) is 9.53. The highest BCUT2D eigenvalue weighted by Crippen LogP contribution is 2.63. The van der Waals surface area contributed by atoms with Crippen LogP contribution in [0.3, 0.4) is 0 Å². The van der Waals surface area contributed by atoms with E-state index in [0.717, 1.165) is 32.3 Å². The van der Waals surface area contributed by atoms with Crippen molar-refractivity contribution in [2.45, 2.75) is 57.5 Å². The van der Waals surface area contributed by atoms with Crippen molar-refractivity contribution in [2.75, 3.05) is 13.7 Å². The zero-order valence-electron chi connectivity index (χ0n) is 14.9. The lowest BCUT2D eigenvalue weighted by Crippen LogP contribution is -2.48. The van der Waals surface area contributed by atoms with Crippen LogP contribution in [0.5, 0.6) is 5.75 Å². The number of hydrogen-bond acceptors (Lipinski definition) is 3. The van der Waals surface area contributed by atoms with Gasteiger partial charge in [-0.05, 0) is 90.9 Å². The number of benzene rings is 1. The van der Waals surface area contributed by atoms with Gasteiger partial charge in [-0.1, -0.05) is 13.0 Å². The molecule has 0 bridgehead atoms. The van der Waals surface area contributed by atoms with Crippen molar-refractivity contribution in [3.63, 3.8) is 0 Å². The van der Waals surface area contributed by atoms with Crippen LogP contribution in [0.15, 0.2) is 18.2 Å². The molecule has 1 unspecified atom stereocenters. The summed E-state index contributed by atoms with van der Waals surface area (Å²) in [6.45, 7) is 3.12. The molecule has 0 radical (unpaired) electrons. The summed E-state index contributed by atoms with van der Waals surface area (Å²) in [5.74, 6) is 2.82. The summed E-state index contributed by atoms with van der Waals surface area (Å²) in [6.07, 6.45) is 6.40. The van der Waals surface area contributed by atoms with E-state index in [1.807, 2.05) is 12.1 Å². The Hall–Kier alpha value is -1.06. The molecule has 3 aliphatic rings. The maximum atomic E-state index is 10.7. The second kappa shape index (κ2) is 6.03. The van der Waals surface area contributed by atoms with E-state index in [4.69, 9.17) is 4.74 Å². The van der Waals surface area contributed by atoms with E-state index in [1.165, 1.54) is 24.0 Å². The van der Waals surface area contributed by atoms with E-state index in [-0.39, 0.29) is 11.5 Å². The second-order valence-electron chi connectivity index (χ2n) is 8.56. The lowest BCUT2D eigenvalue weighted by Gasteiger charge is -2.54. The Balaban J connectivity index is 1.74. The molecular weight excluding hydrogens is 300 g/mol. The average Bonchev–Trinajstić information content (AvgIpc) is 2.87. The fourth-order valence-electron chi connectivity index (χ4n) is 6.40. The molecule has 0 aliphatic heterocycles. The number of phenols is 1. The Morgan fingerprint density at radius 3 is 2.88 bits per heavy atom. The van der Waals surface area contributed by atoms with Crippen molar-refractivity contribution in [2.24, 2.45) is 23.2 Å². The van der Waals surface area contributed by atoms with Crippen molar-refractivity contribution in [3.8, 4) is 5.75 Å². The van der Waals surface area contributed by atoms with Crippen LogP contribution in [-0.4, -0.2) is 30.0 Å². The van der Waals surface area contributed by atoms with Crippen LogP contribution in [0.2, 0.25) is 0 Å². The largest absolute Gasteiger partial charge is 0.508 e. The summed E-state index contributed by atoms with van der Waals surface area (Å²) >= 11 is 0. The van der Waals surface area contributed by atoms with Gasteiger partial charge in [0.1, 0.15) is 5.75 Å². The number of aliphatic hydroxyl groups is 1. The van der Waals surface area contributed by atoms with Crippen LogP contribution in [0.25, 0.3) is 0 Å². The van der Waals surface area contributed by atoms with Gasteiger partial charge in [-0.15, -0.1) is 0 Å². The molecule has 3 nitrogen and oxygen atoms in total. The number of aromatic hydroxyl groups is 1. The highest BCUT2D eigenvalue weighted by Gasteiger charge is 2.57. The van der Waals surface area contributed by atoms with E-state index < -0.39 is 0 Å². The Bertz CT molecular complexity index is 613. The van der Waals surface area contributed by atoms with Gasteiger partial charge < -0.3 is 14.9 Å². The van der Waals surface area contributed by atoms with Crippen molar-refractivity contribution in [3.05, 3.63) is 29.3 Å². The highest BCUT2D eigenvalue weighted by molar-refractivity contribution is 5.40. The predicted octanol–water partition coefficient (Wildman–Crippen LogP) is 3.87. The molecule has 2 saturated carbocycles. The number of phenolic OH excluding ortho intramolecular Hbond substituents is 1. The minimum Gasteiger partial charge on any atom is -0.508 e. The van der Waals surface area contributed by atoms with Gasteiger partial charge in [0, 0.05) is 13.7 Å². The fourth-order valence-corrected chi connectivity index (χ4v) is 6.40. The van der Waals surface area contributed by atoms with Gasteiger partial charge in [0.2, 0.25) is 0 Å². The number of aryl methyl sites for hydroxylation is 1. The van der Waals surface area contributed by atoms with Crippen molar-refractivity contribution < 1.29 is 14.9 Å². The summed E-state index contributed by atoms with van der Waals surface area (Å²) in [4.78, 5) is 0. The zero-order chi connectivity index (χ0) is 16.9. The lowest BCUT2D eigenvalue weighted by atomic mass is 9.51. The minimum absolute atomic E-state index is 0.0774. The Labute approximate surface area is 145 Å². The molecule has 1 aromatic carbocycles. The van der Waals surface area contributed by atoms with E-state index in [9.17, 15) is 10.2 Å². The molecule has 0 saturated heterocycles. The van der Waals surface area contributed by atoms with E-state index in [0.29, 0.717) is 29.4 Å². The number of methoxy groups -OCH3 is 1. The quantitative estimate of drug-likeness (QED) is 0.884. The van der Waals surface area contributed by atoms with Crippen LogP contribution in [0, 0.1) is 23.2 Å². The van der Waals surface area contributed by atoms with E-state index in [1.54, 1.807) is 7.11 Å². The minimum atomic E-state index is -0.144. The van der Waals surface area contributed by atoms with Gasteiger partial charge in [-0.25, -0.2) is 0 Å². The molecule has 0 heterocycles. The fraction of sp³-hybridized carbons (Fsp3) is 0.714. The number of hydrogen-bond donors (Lipinski definition) is 2. The first-order chi connectivity index (χ1) is 11.5. The van der Waals surface area contributed by atoms with Crippen LogP contribution in [0.4, 0.5) is 0 Å². The van der Waals surface area contributed by atoms with Crippen molar-refractivity contribution in [1.82, 2.24) is 0 Å². The van der Waals surface area contributed by atoms with Crippen LogP contribution >= 0.6 is 0 Å². The zero-order valence-corrected chi connectivity index (χ0v) is 14.9. The van der Waals surface area contributed by atoms with Crippen molar-refractivity contribution >= 4 is 0 Å². The molecule has 3 aliphatic carbocycles. The topological polar surface area (TPSA) is 49.7 Å². The molecule has 0 aromatic heterocycles. The third-order valence-electron chi connectivity index (χ3n) is 7.47. The summed E-state index contributed by atoms with van der Waals surface area (Å²) in [6, 6.07) is 5.98. The average molecular weight is 330 g/mol. The molecule has 2 fully saturated rings. The number of rotatable bonds is 3. The third kappa shape index (κ3) is 2.40. The van der Waals surface area contributed by atoms with Gasteiger partial charge in [0.15, 0.2) is 0 Å². The predicted molar refractivity (Wildman–Crippen MR) is 94.1 cm³/mol. The summed E-state index contributed by atoms with van der Waals surface area (Å²) in [5, 5.41) is 20.5. The molecule has 24 heavy (non-hydrogen) atoms. The maximum Gasteiger partial charge on any atom is 0.115 e.